The minimum absolute atomic E-state index is 0.0595. The average molecular weight is 381 g/mol. The molecule has 3 amide bonds. The first kappa shape index (κ1) is 19.7. The number of anilines is 2. The zero-order valence-corrected chi connectivity index (χ0v) is 16.4. The molecule has 3 rings (SSSR count). The van der Waals surface area contributed by atoms with E-state index in [0.29, 0.717) is 17.8 Å². The van der Waals surface area contributed by atoms with Gasteiger partial charge in [0.25, 0.3) is 5.91 Å². The molecule has 3 N–H and O–H groups in total. The van der Waals surface area contributed by atoms with Gasteiger partial charge in [0.15, 0.2) is 0 Å². The van der Waals surface area contributed by atoms with Gasteiger partial charge >= 0.3 is 6.03 Å². The Hall–Kier alpha value is -3.09. The number of amides is 3. The first-order valence-corrected chi connectivity index (χ1v) is 9.67. The second-order valence-electron chi connectivity index (χ2n) is 7.23. The highest BCUT2D eigenvalue weighted by Gasteiger charge is 2.14. The van der Waals surface area contributed by atoms with Crippen molar-refractivity contribution in [1.29, 1.82) is 0 Å². The van der Waals surface area contributed by atoms with Crippen LogP contribution < -0.4 is 20.9 Å². The zero-order valence-electron chi connectivity index (χ0n) is 16.4. The third-order valence-corrected chi connectivity index (χ3v) is 4.52. The van der Waals surface area contributed by atoms with Crippen molar-refractivity contribution in [3.8, 4) is 0 Å². The third-order valence-electron chi connectivity index (χ3n) is 4.52. The molecule has 0 radical (unpaired) electrons. The summed E-state index contributed by atoms with van der Waals surface area (Å²) in [7, 11) is 0. The minimum atomic E-state index is -0.265. The maximum absolute atomic E-state index is 12.4. The molecule has 7 nitrogen and oxygen atoms in total. The fourth-order valence-corrected chi connectivity index (χ4v) is 3.11. The summed E-state index contributed by atoms with van der Waals surface area (Å²) in [6, 6.07) is 10.6. The molecule has 0 atom stereocenters. The molecular weight excluding hydrogens is 354 g/mol. The van der Waals surface area contributed by atoms with E-state index >= 15 is 0 Å². The van der Waals surface area contributed by atoms with Gasteiger partial charge < -0.3 is 20.9 Å². The number of pyridine rings is 1. The predicted octanol–water partition coefficient (Wildman–Crippen LogP) is 3.14. The van der Waals surface area contributed by atoms with Crippen molar-refractivity contribution in [3.05, 3.63) is 53.7 Å². The summed E-state index contributed by atoms with van der Waals surface area (Å²) >= 11 is 0. The molecule has 2 heterocycles. The van der Waals surface area contributed by atoms with E-state index < -0.39 is 0 Å². The van der Waals surface area contributed by atoms with Gasteiger partial charge in [-0.1, -0.05) is 0 Å². The van der Waals surface area contributed by atoms with Crippen molar-refractivity contribution in [1.82, 2.24) is 15.6 Å². The summed E-state index contributed by atoms with van der Waals surface area (Å²) < 4.78 is 0. The lowest BCUT2D eigenvalue weighted by Gasteiger charge is -2.17. The van der Waals surface area contributed by atoms with Crippen LogP contribution in [-0.4, -0.2) is 36.1 Å². The molecule has 0 spiro atoms. The lowest BCUT2D eigenvalue weighted by Crippen LogP contribution is -2.34. The van der Waals surface area contributed by atoms with Gasteiger partial charge in [0.1, 0.15) is 5.82 Å². The highest BCUT2D eigenvalue weighted by atomic mass is 16.2. The largest absolute Gasteiger partial charge is 0.357 e. The van der Waals surface area contributed by atoms with Gasteiger partial charge in [-0.3, -0.25) is 4.79 Å². The molecule has 7 heteroatoms. The normalized spacial score (nSPS) is 13.5. The molecule has 148 valence electrons. The second-order valence-corrected chi connectivity index (χ2v) is 7.23. The molecule has 1 fully saturated rings. The molecule has 2 aromatic rings. The molecule has 1 aromatic heterocycles. The number of benzene rings is 1. The van der Waals surface area contributed by atoms with Gasteiger partial charge in [-0.25, -0.2) is 9.78 Å². The summed E-state index contributed by atoms with van der Waals surface area (Å²) in [5.41, 5.74) is 2.21. The Balaban J connectivity index is 1.53. The molecule has 0 aliphatic carbocycles. The van der Waals surface area contributed by atoms with Crippen LogP contribution >= 0.6 is 0 Å². The monoisotopic (exact) mass is 381 g/mol. The van der Waals surface area contributed by atoms with Crippen molar-refractivity contribution in [2.24, 2.45) is 0 Å². The van der Waals surface area contributed by atoms with Crippen LogP contribution in [0.3, 0.4) is 0 Å². The van der Waals surface area contributed by atoms with Crippen LogP contribution in [0.15, 0.2) is 42.6 Å². The van der Waals surface area contributed by atoms with E-state index in [-0.39, 0.29) is 18.0 Å². The number of hydrogen-bond acceptors (Lipinski definition) is 4. The lowest BCUT2D eigenvalue weighted by molar-refractivity contribution is 0.0951. The Morgan fingerprint density at radius 2 is 1.82 bits per heavy atom. The number of rotatable bonds is 6. The zero-order chi connectivity index (χ0) is 19.9. The number of urea groups is 1. The van der Waals surface area contributed by atoms with E-state index in [1.807, 2.05) is 26.0 Å². The fraction of sp³-hybridized carbons (Fsp3) is 0.381. The van der Waals surface area contributed by atoms with E-state index in [4.69, 9.17) is 0 Å². The van der Waals surface area contributed by atoms with Gasteiger partial charge in [-0.05, 0) is 68.7 Å². The summed E-state index contributed by atoms with van der Waals surface area (Å²) in [5, 5.41) is 8.43. The molecule has 0 unspecified atom stereocenters. The second kappa shape index (κ2) is 9.21. The van der Waals surface area contributed by atoms with Crippen LogP contribution in [0.1, 0.15) is 42.6 Å². The van der Waals surface area contributed by atoms with Crippen molar-refractivity contribution in [2.45, 2.75) is 39.3 Å². The van der Waals surface area contributed by atoms with Gasteiger partial charge in [-0.15, -0.1) is 0 Å². The Morgan fingerprint density at radius 3 is 2.50 bits per heavy atom. The Labute approximate surface area is 165 Å². The van der Waals surface area contributed by atoms with Gasteiger partial charge in [-0.2, -0.15) is 0 Å². The number of hydrogen-bond donors (Lipinski definition) is 3. The topological polar surface area (TPSA) is 86.4 Å². The lowest BCUT2D eigenvalue weighted by atomic mass is 10.2. The number of carbonyl (C=O) groups is 2. The van der Waals surface area contributed by atoms with Crippen LogP contribution in [0, 0.1) is 0 Å². The summed E-state index contributed by atoms with van der Waals surface area (Å²) in [6.07, 6.45) is 4.19. The van der Waals surface area contributed by atoms with E-state index in [0.717, 1.165) is 24.5 Å². The average Bonchev–Trinajstić information content (AvgIpc) is 3.21. The molecule has 1 aliphatic heterocycles. The molecule has 1 aliphatic rings. The number of carbonyl (C=O) groups excluding carboxylic acids is 2. The molecule has 28 heavy (non-hydrogen) atoms. The van der Waals surface area contributed by atoms with Gasteiger partial charge in [0, 0.05) is 43.1 Å². The smallest absolute Gasteiger partial charge is 0.319 e. The summed E-state index contributed by atoms with van der Waals surface area (Å²) in [5.74, 6) is 0.817. The van der Waals surface area contributed by atoms with Crippen molar-refractivity contribution in [2.75, 3.05) is 23.3 Å². The van der Waals surface area contributed by atoms with E-state index in [1.165, 1.54) is 12.8 Å². The first-order chi connectivity index (χ1) is 13.5. The molecular formula is C21H27N5O2. The molecule has 1 saturated heterocycles. The number of nitrogens with zero attached hydrogens (tertiary/aromatic N) is 2. The fourth-order valence-electron chi connectivity index (χ4n) is 3.11. The molecule has 0 bridgehead atoms. The number of nitrogens with one attached hydrogen (secondary N) is 3. The maximum Gasteiger partial charge on any atom is 0.319 e. The Bertz CT molecular complexity index is 814. The number of aromatic nitrogens is 1. The highest BCUT2D eigenvalue weighted by Crippen LogP contribution is 2.18. The Kier molecular flexibility index (Phi) is 6.47. The highest BCUT2D eigenvalue weighted by molar-refractivity contribution is 5.95. The van der Waals surface area contributed by atoms with Crippen LogP contribution in [0.2, 0.25) is 0 Å². The van der Waals surface area contributed by atoms with Crippen LogP contribution in [-0.2, 0) is 6.54 Å². The molecule has 0 saturated carbocycles. The molecule has 1 aromatic carbocycles. The summed E-state index contributed by atoms with van der Waals surface area (Å²) in [6.45, 7) is 6.31. The summed E-state index contributed by atoms with van der Waals surface area (Å²) in [4.78, 5) is 30.8. The van der Waals surface area contributed by atoms with Gasteiger partial charge in [0.2, 0.25) is 0 Å². The SMILES string of the molecule is CC(C)NC(=O)Nc1ccc(C(=O)NCc2ccnc(N3CCCC3)c2)cc1. The van der Waals surface area contributed by atoms with Gasteiger partial charge in [0.05, 0.1) is 0 Å². The van der Waals surface area contributed by atoms with Crippen molar-refractivity contribution in [3.63, 3.8) is 0 Å². The maximum atomic E-state index is 12.4. The van der Waals surface area contributed by atoms with Crippen LogP contribution in [0.5, 0.6) is 0 Å². The third kappa shape index (κ3) is 5.45. The first-order valence-electron chi connectivity index (χ1n) is 9.67. The predicted molar refractivity (Wildman–Crippen MR) is 111 cm³/mol. The quantitative estimate of drug-likeness (QED) is 0.717. The van der Waals surface area contributed by atoms with E-state index in [9.17, 15) is 9.59 Å². The minimum Gasteiger partial charge on any atom is -0.357 e. The Morgan fingerprint density at radius 1 is 1.11 bits per heavy atom. The van der Waals surface area contributed by atoms with Crippen molar-refractivity contribution >= 4 is 23.4 Å². The van der Waals surface area contributed by atoms with E-state index in [1.54, 1.807) is 30.5 Å². The van der Waals surface area contributed by atoms with Crippen molar-refractivity contribution < 1.29 is 9.59 Å². The standard InChI is InChI=1S/C21H27N5O2/c1-15(2)24-21(28)25-18-7-5-17(6-8-18)20(27)23-14-16-9-10-22-19(13-16)26-11-3-4-12-26/h5-10,13,15H,3-4,11-12,14H2,1-2H3,(H,23,27)(H2,24,25,28). The van der Waals surface area contributed by atoms with E-state index in [2.05, 4.69) is 25.8 Å². The van der Waals surface area contributed by atoms with Crippen LogP contribution in [0.4, 0.5) is 16.3 Å². The van der Waals surface area contributed by atoms with Crippen LogP contribution in [0.25, 0.3) is 0 Å².